The van der Waals surface area contributed by atoms with Gasteiger partial charge in [0.2, 0.25) is 16.0 Å². The molecule has 1 fully saturated rings. The number of hydrogen-bond acceptors (Lipinski definition) is 6. The Labute approximate surface area is 240 Å². The first-order valence-corrected chi connectivity index (χ1v) is 14.9. The van der Waals surface area contributed by atoms with Gasteiger partial charge in [-0.05, 0) is 67.3 Å². The number of benzene rings is 4. The van der Waals surface area contributed by atoms with Gasteiger partial charge >= 0.3 is 0 Å². The van der Waals surface area contributed by atoms with Gasteiger partial charge in [-0.25, -0.2) is 18.1 Å². The van der Waals surface area contributed by atoms with Crippen LogP contribution in [0.3, 0.4) is 0 Å². The number of nitrogens with zero attached hydrogens (tertiary/aromatic N) is 2. The van der Waals surface area contributed by atoms with Crippen LogP contribution in [0.4, 0.5) is 17.5 Å². The van der Waals surface area contributed by atoms with Crippen molar-refractivity contribution in [2.24, 2.45) is 5.92 Å². The number of nitrogens with one attached hydrogen (secondary N) is 3. The highest BCUT2D eigenvalue weighted by Crippen LogP contribution is 2.29. The summed E-state index contributed by atoms with van der Waals surface area (Å²) in [4.78, 5) is 9.91. The van der Waals surface area contributed by atoms with E-state index in [2.05, 4.69) is 15.4 Å². The van der Waals surface area contributed by atoms with Crippen molar-refractivity contribution in [2.45, 2.75) is 36.6 Å². The molecule has 1 aliphatic rings. The third-order valence-corrected chi connectivity index (χ3v) is 8.90. The lowest BCUT2D eigenvalue weighted by molar-refractivity contribution is 0.336. The van der Waals surface area contributed by atoms with Crippen LogP contribution in [0.15, 0.2) is 102 Å². The Morgan fingerprint density at radius 2 is 1.40 bits per heavy atom. The smallest absolute Gasteiger partial charge is 0.241 e. The molecule has 0 unspecified atom stereocenters. The highest BCUT2D eigenvalue weighted by molar-refractivity contribution is 7.89. The van der Waals surface area contributed by atoms with Gasteiger partial charge in [0.05, 0.1) is 10.4 Å². The van der Waals surface area contributed by atoms with Crippen molar-refractivity contribution < 1.29 is 8.42 Å². The molecule has 0 aliphatic heterocycles. The lowest BCUT2D eigenvalue weighted by Crippen LogP contribution is -2.34. The predicted molar refractivity (Wildman–Crippen MR) is 165 cm³/mol. The molecule has 0 radical (unpaired) electrons. The van der Waals surface area contributed by atoms with Gasteiger partial charge in [-0.15, -0.1) is 12.4 Å². The maximum atomic E-state index is 13.1. The Bertz CT molecular complexity index is 1700. The van der Waals surface area contributed by atoms with E-state index in [0.29, 0.717) is 23.3 Å². The molecule has 3 N–H and O–H groups in total. The summed E-state index contributed by atoms with van der Waals surface area (Å²) in [5.41, 5.74) is 1.85. The summed E-state index contributed by atoms with van der Waals surface area (Å²) in [6, 6.07) is 31.2. The Kier molecular flexibility index (Phi) is 8.49. The molecule has 6 rings (SSSR count). The van der Waals surface area contributed by atoms with Gasteiger partial charge in [0.25, 0.3) is 0 Å². The average molecular weight is 574 g/mol. The summed E-state index contributed by atoms with van der Waals surface area (Å²) in [7, 11) is -3.59. The molecule has 0 atom stereocenters. The summed E-state index contributed by atoms with van der Waals surface area (Å²) in [5, 5.41) is 9.60. The average Bonchev–Trinajstić information content (AvgIpc) is 2.97. The molecule has 0 saturated heterocycles. The highest BCUT2D eigenvalue weighted by atomic mass is 35.5. The van der Waals surface area contributed by atoms with Gasteiger partial charge in [-0.3, -0.25) is 0 Å². The SMILES string of the molecule is Cl.O=S(=O)(NCC1CCC(Nc2nc(Nc3ccccc3)c3ccccc3n2)CC1)c1cccc2ccccc12. The Morgan fingerprint density at radius 1 is 0.725 bits per heavy atom. The van der Waals surface area contributed by atoms with E-state index in [1.54, 1.807) is 12.1 Å². The van der Waals surface area contributed by atoms with Crippen LogP contribution in [0.2, 0.25) is 0 Å². The van der Waals surface area contributed by atoms with Crippen molar-refractivity contribution in [3.05, 3.63) is 97.1 Å². The number of para-hydroxylation sites is 2. The van der Waals surface area contributed by atoms with E-state index in [9.17, 15) is 8.42 Å². The van der Waals surface area contributed by atoms with E-state index in [1.165, 1.54) is 0 Å². The number of fused-ring (bicyclic) bond motifs is 2. The van der Waals surface area contributed by atoms with Crippen molar-refractivity contribution in [2.75, 3.05) is 17.2 Å². The van der Waals surface area contributed by atoms with Gasteiger partial charge in [0, 0.05) is 29.0 Å². The fourth-order valence-corrected chi connectivity index (χ4v) is 6.67. The summed E-state index contributed by atoms with van der Waals surface area (Å²) in [6.07, 6.45) is 3.72. The van der Waals surface area contributed by atoms with E-state index in [0.717, 1.165) is 58.9 Å². The lowest BCUT2D eigenvalue weighted by Gasteiger charge is -2.29. The summed E-state index contributed by atoms with van der Waals surface area (Å²) in [6.45, 7) is 0.440. The minimum absolute atomic E-state index is 0. The van der Waals surface area contributed by atoms with Crippen molar-refractivity contribution in [1.82, 2.24) is 14.7 Å². The molecule has 0 bridgehead atoms. The van der Waals surface area contributed by atoms with Crippen LogP contribution >= 0.6 is 12.4 Å². The maximum absolute atomic E-state index is 13.1. The molecule has 1 saturated carbocycles. The van der Waals surface area contributed by atoms with E-state index < -0.39 is 10.0 Å². The number of rotatable bonds is 8. The molecule has 40 heavy (non-hydrogen) atoms. The molecule has 1 heterocycles. The summed E-state index contributed by atoms with van der Waals surface area (Å²) < 4.78 is 29.1. The number of anilines is 3. The molecule has 5 aromatic rings. The minimum Gasteiger partial charge on any atom is -0.351 e. The van der Waals surface area contributed by atoms with Crippen LogP contribution in [0.1, 0.15) is 25.7 Å². The van der Waals surface area contributed by atoms with Crippen molar-refractivity contribution in [3.8, 4) is 0 Å². The van der Waals surface area contributed by atoms with Crippen molar-refractivity contribution >= 4 is 61.6 Å². The van der Waals surface area contributed by atoms with Crippen LogP contribution in [0.5, 0.6) is 0 Å². The van der Waals surface area contributed by atoms with Crippen LogP contribution < -0.4 is 15.4 Å². The minimum atomic E-state index is -3.59. The third kappa shape index (κ3) is 6.20. The number of hydrogen-bond donors (Lipinski definition) is 3. The molecule has 1 aromatic heterocycles. The normalized spacial score (nSPS) is 17.3. The summed E-state index contributed by atoms with van der Waals surface area (Å²) >= 11 is 0. The molecule has 206 valence electrons. The maximum Gasteiger partial charge on any atom is 0.241 e. The van der Waals surface area contributed by atoms with Crippen LogP contribution in [-0.4, -0.2) is 31.0 Å². The van der Waals surface area contributed by atoms with Crippen molar-refractivity contribution in [1.29, 1.82) is 0 Å². The zero-order valence-corrected chi connectivity index (χ0v) is 23.6. The monoisotopic (exact) mass is 573 g/mol. The van der Waals surface area contributed by atoms with Gasteiger partial charge in [0.15, 0.2) is 0 Å². The Balaban J connectivity index is 0.00000323. The zero-order valence-electron chi connectivity index (χ0n) is 22.0. The lowest BCUT2D eigenvalue weighted by atomic mass is 9.86. The standard InChI is InChI=1S/C31H31N5O2S.ClH/c37-39(38,29-16-8-10-23-9-4-5-13-26(23)29)32-21-22-17-19-25(20-18-22)34-31-35-28-15-7-6-14-27(28)30(36-31)33-24-11-2-1-3-12-24;/h1-16,22,25,32H,17-21H2,(H2,33,34,35,36);1H. The predicted octanol–water partition coefficient (Wildman–Crippen LogP) is 6.90. The van der Waals surface area contributed by atoms with Crippen LogP contribution in [0, 0.1) is 5.92 Å². The molecular weight excluding hydrogens is 542 g/mol. The van der Waals surface area contributed by atoms with Gasteiger partial charge in [-0.1, -0.05) is 66.7 Å². The molecule has 7 nitrogen and oxygen atoms in total. The van der Waals surface area contributed by atoms with Gasteiger partial charge in [0.1, 0.15) is 5.82 Å². The Morgan fingerprint density at radius 3 is 2.20 bits per heavy atom. The van der Waals surface area contributed by atoms with E-state index in [1.807, 2.05) is 84.9 Å². The molecule has 9 heteroatoms. The second-order valence-electron chi connectivity index (χ2n) is 10.1. The highest BCUT2D eigenvalue weighted by Gasteiger charge is 2.25. The van der Waals surface area contributed by atoms with Gasteiger partial charge < -0.3 is 10.6 Å². The summed E-state index contributed by atoms with van der Waals surface area (Å²) in [5.74, 6) is 1.67. The largest absolute Gasteiger partial charge is 0.351 e. The second kappa shape index (κ2) is 12.2. The van der Waals surface area contributed by atoms with Crippen LogP contribution in [0.25, 0.3) is 21.7 Å². The van der Waals surface area contributed by atoms with Crippen LogP contribution in [-0.2, 0) is 10.0 Å². The van der Waals surface area contributed by atoms with Gasteiger partial charge in [-0.2, -0.15) is 4.98 Å². The zero-order chi connectivity index (χ0) is 26.7. The second-order valence-corrected chi connectivity index (χ2v) is 11.8. The quantitative estimate of drug-likeness (QED) is 0.187. The third-order valence-electron chi connectivity index (χ3n) is 7.42. The van der Waals surface area contributed by atoms with Crippen molar-refractivity contribution in [3.63, 3.8) is 0 Å². The molecule has 0 amide bonds. The molecular formula is C31H32ClN5O2S. The molecule has 0 spiro atoms. The topological polar surface area (TPSA) is 96.0 Å². The number of aromatic nitrogens is 2. The van der Waals surface area contributed by atoms with E-state index in [4.69, 9.17) is 9.97 Å². The first-order chi connectivity index (χ1) is 19.0. The number of halogens is 1. The molecule has 4 aromatic carbocycles. The fraction of sp³-hybridized carbons (Fsp3) is 0.226. The first-order valence-electron chi connectivity index (χ1n) is 13.4. The number of sulfonamides is 1. The first kappa shape index (κ1) is 27.8. The van der Waals surface area contributed by atoms with E-state index in [-0.39, 0.29) is 18.4 Å². The Hall–Kier alpha value is -3.72. The van der Waals surface area contributed by atoms with E-state index >= 15 is 0 Å². The molecule has 1 aliphatic carbocycles. The fourth-order valence-electron chi connectivity index (χ4n) is 5.32.